The number of carbonyl (C=O) groups excluding carboxylic acids is 1. The first-order valence-corrected chi connectivity index (χ1v) is 6.67. The number of thioether (sulfide) groups is 1. The maximum absolute atomic E-state index is 11.6. The van der Waals surface area contributed by atoms with Crippen LogP contribution in [0.2, 0.25) is 0 Å². The molecule has 0 aromatic carbocycles. The Morgan fingerprint density at radius 2 is 2.25 bits per heavy atom. The molecule has 0 spiro atoms. The summed E-state index contributed by atoms with van der Waals surface area (Å²) in [6.45, 7) is 6.58. The molecular weight excluding hydrogens is 222 g/mol. The summed E-state index contributed by atoms with van der Waals surface area (Å²) >= 11 is 1.54. The number of hydrogen-bond acceptors (Lipinski definition) is 3. The van der Waals surface area contributed by atoms with Gasteiger partial charge in [0.1, 0.15) is 5.82 Å². The molecule has 1 aromatic rings. The molecule has 5 heteroatoms. The molecule has 0 aliphatic carbocycles. The summed E-state index contributed by atoms with van der Waals surface area (Å²) in [5.41, 5.74) is 0. The van der Waals surface area contributed by atoms with E-state index < -0.39 is 0 Å². The number of nitrogens with one attached hydrogen (secondary N) is 1. The van der Waals surface area contributed by atoms with Crippen LogP contribution in [0.4, 0.5) is 0 Å². The molecule has 1 amide bonds. The van der Waals surface area contributed by atoms with Gasteiger partial charge in [0.2, 0.25) is 5.91 Å². The van der Waals surface area contributed by atoms with E-state index in [-0.39, 0.29) is 11.2 Å². The molecule has 1 rings (SSSR count). The number of hydrogen-bond donors (Lipinski definition) is 1. The van der Waals surface area contributed by atoms with Crippen molar-refractivity contribution in [1.82, 2.24) is 14.9 Å². The van der Waals surface area contributed by atoms with Crippen molar-refractivity contribution in [2.75, 3.05) is 6.26 Å². The van der Waals surface area contributed by atoms with E-state index >= 15 is 0 Å². The van der Waals surface area contributed by atoms with Crippen LogP contribution < -0.4 is 5.32 Å². The smallest absolute Gasteiger partial charge is 0.233 e. The fourth-order valence-corrected chi connectivity index (χ4v) is 1.67. The van der Waals surface area contributed by atoms with Gasteiger partial charge >= 0.3 is 0 Å². The molecule has 0 saturated carbocycles. The Kier molecular flexibility index (Phi) is 4.86. The van der Waals surface area contributed by atoms with Gasteiger partial charge in [-0.1, -0.05) is 0 Å². The molecule has 0 saturated heterocycles. The number of carbonyl (C=O) groups is 1. The lowest BCUT2D eigenvalue weighted by Gasteiger charge is -2.13. The average molecular weight is 241 g/mol. The molecule has 1 heterocycles. The summed E-state index contributed by atoms with van der Waals surface area (Å²) in [5, 5.41) is 2.88. The summed E-state index contributed by atoms with van der Waals surface area (Å²) in [6.07, 6.45) is 5.63. The van der Waals surface area contributed by atoms with E-state index in [0.29, 0.717) is 12.6 Å². The molecule has 4 nitrogen and oxygen atoms in total. The van der Waals surface area contributed by atoms with Crippen molar-refractivity contribution in [1.29, 1.82) is 0 Å². The van der Waals surface area contributed by atoms with Gasteiger partial charge in [-0.25, -0.2) is 4.98 Å². The molecule has 0 aliphatic heterocycles. The van der Waals surface area contributed by atoms with Gasteiger partial charge in [0, 0.05) is 18.4 Å². The average Bonchev–Trinajstić information content (AvgIpc) is 2.72. The molecule has 1 aromatic heterocycles. The summed E-state index contributed by atoms with van der Waals surface area (Å²) in [4.78, 5) is 15.8. The van der Waals surface area contributed by atoms with Gasteiger partial charge in [-0.05, 0) is 27.0 Å². The first-order valence-electron chi connectivity index (χ1n) is 5.38. The van der Waals surface area contributed by atoms with E-state index in [1.807, 2.05) is 19.4 Å². The van der Waals surface area contributed by atoms with Crippen molar-refractivity contribution in [3.8, 4) is 0 Å². The molecule has 0 fully saturated rings. The fourth-order valence-electron chi connectivity index (χ4n) is 1.37. The van der Waals surface area contributed by atoms with Crippen LogP contribution in [0.15, 0.2) is 12.4 Å². The zero-order valence-electron chi connectivity index (χ0n) is 10.2. The van der Waals surface area contributed by atoms with Crippen molar-refractivity contribution in [3.63, 3.8) is 0 Å². The lowest BCUT2D eigenvalue weighted by Crippen LogP contribution is -2.31. The van der Waals surface area contributed by atoms with E-state index in [9.17, 15) is 4.79 Å². The predicted octanol–water partition coefficient (Wildman–Crippen LogP) is 1.83. The number of nitrogens with zero attached hydrogens (tertiary/aromatic N) is 2. The first-order chi connectivity index (χ1) is 7.56. The Morgan fingerprint density at radius 3 is 2.81 bits per heavy atom. The second-order valence-electron chi connectivity index (χ2n) is 3.94. The van der Waals surface area contributed by atoms with E-state index in [0.717, 1.165) is 5.82 Å². The summed E-state index contributed by atoms with van der Waals surface area (Å²) < 4.78 is 2.06. The van der Waals surface area contributed by atoms with Crippen molar-refractivity contribution >= 4 is 17.7 Å². The first kappa shape index (κ1) is 13.1. The van der Waals surface area contributed by atoms with Gasteiger partial charge < -0.3 is 9.88 Å². The minimum absolute atomic E-state index is 0.0116. The van der Waals surface area contributed by atoms with Crippen LogP contribution in [-0.4, -0.2) is 27.0 Å². The van der Waals surface area contributed by atoms with Crippen LogP contribution in [0.5, 0.6) is 0 Å². The second kappa shape index (κ2) is 5.94. The van der Waals surface area contributed by atoms with Crippen LogP contribution in [0.25, 0.3) is 0 Å². The monoisotopic (exact) mass is 241 g/mol. The number of imidazole rings is 1. The van der Waals surface area contributed by atoms with Gasteiger partial charge in [0.15, 0.2) is 0 Å². The third-order valence-electron chi connectivity index (χ3n) is 2.45. The Hall–Kier alpha value is -0.970. The van der Waals surface area contributed by atoms with Crippen LogP contribution >= 0.6 is 11.8 Å². The van der Waals surface area contributed by atoms with E-state index in [1.165, 1.54) is 0 Å². The lowest BCUT2D eigenvalue weighted by molar-refractivity contribution is -0.120. The van der Waals surface area contributed by atoms with Crippen molar-refractivity contribution < 1.29 is 4.79 Å². The predicted molar refractivity (Wildman–Crippen MR) is 67.4 cm³/mol. The molecular formula is C11H19N3OS. The molecule has 0 unspecified atom stereocenters. The van der Waals surface area contributed by atoms with Crippen LogP contribution in [0.1, 0.15) is 32.6 Å². The molecule has 90 valence electrons. The van der Waals surface area contributed by atoms with E-state index in [1.54, 1.807) is 18.0 Å². The number of rotatable bonds is 5. The zero-order chi connectivity index (χ0) is 12.1. The Labute approximate surface area is 101 Å². The van der Waals surface area contributed by atoms with Gasteiger partial charge in [0.05, 0.1) is 11.8 Å². The quantitative estimate of drug-likeness (QED) is 0.855. The van der Waals surface area contributed by atoms with Gasteiger partial charge in [-0.2, -0.15) is 11.8 Å². The normalized spacial score (nSPS) is 12.8. The fraction of sp³-hybridized carbons (Fsp3) is 0.636. The second-order valence-corrected chi connectivity index (χ2v) is 5.12. The maximum atomic E-state index is 11.6. The molecule has 0 bridgehead atoms. The van der Waals surface area contributed by atoms with Crippen molar-refractivity contribution in [2.24, 2.45) is 0 Å². The van der Waals surface area contributed by atoms with Gasteiger partial charge in [-0.3, -0.25) is 4.79 Å². The van der Waals surface area contributed by atoms with Crippen LogP contribution in [0, 0.1) is 0 Å². The molecule has 1 atom stereocenters. The Bertz CT molecular complexity index is 349. The minimum atomic E-state index is -0.0116. The van der Waals surface area contributed by atoms with Gasteiger partial charge in [-0.15, -0.1) is 0 Å². The summed E-state index contributed by atoms with van der Waals surface area (Å²) in [5.74, 6) is 0.961. The van der Waals surface area contributed by atoms with Gasteiger partial charge in [0.25, 0.3) is 0 Å². The molecule has 0 aliphatic rings. The topological polar surface area (TPSA) is 46.9 Å². The standard InChI is InChI=1S/C11H19N3OS/c1-8(2)14-6-5-12-10(14)7-13-11(15)9(3)16-4/h5-6,8-9H,7H2,1-4H3,(H,13,15)/t9-/m0/s1. The third kappa shape index (κ3) is 3.27. The summed E-state index contributed by atoms with van der Waals surface area (Å²) in [7, 11) is 0. The number of amides is 1. The lowest BCUT2D eigenvalue weighted by atomic mass is 10.3. The minimum Gasteiger partial charge on any atom is -0.348 e. The molecule has 16 heavy (non-hydrogen) atoms. The molecule has 1 N–H and O–H groups in total. The summed E-state index contributed by atoms with van der Waals surface area (Å²) in [6, 6.07) is 0.368. The Morgan fingerprint density at radius 1 is 1.56 bits per heavy atom. The molecule has 0 radical (unpaired) electrons. The largest absolute Gasteiger partial charge is 0.348 e. The van der Waals surface area contributed by atoms with E-state index in [2.05, 4.69) is 28.7 Å². The third-order valence-corrected chi connectivity index (χ3v) is 3.37. The highest BCUT2D eigenvalue weighted by atomic mass is 32.2. The highest BCUT2D eigenvalue weighted by Gasteiger charge is 2.12. The maximum Gasteiger partial charge on any atom is 0.233 e. The van der Waals surface area contributed by atoms with Crippen molar-refractivity contribution in [2.45, 2.75) is 38.6 Å². The van der Waals surface area contributed by atoms with E-state index in [4.69, 9.17) is 0 Å². The Balaban J connectivity index is 2.54. The van der Waals surface area contributed by atoms with Crippen molar-refractivity contribution in [3.05, 3.63) is 18.2 Å². The van der Waals surface area contributed by atoms with Crippen LogP contribution in [0.3, 0.4) is 0 Å². The SMILES string of the molecule is CS[C@@H](C)C(=O)NCc1nccn1C(C)C. The van der Waals surface area contributed by atoms with Crippen LogP contribution in [-0.2, 0) is 11.3 Å². The number of aromatic nitrogens is 2. The highest BCUT2D eigenvalue weighted by molar-refractivity contribution is 7.99. The zero-order valence-corrected chi connectivity index (χ0v) is 11.0. The highest BCUT2D eigenvalue weighted by Crippen LogP contribution is 2.08.